The Bertz CT molecular complexity index is 584. The van der Waals surface area contributed by atoms with Crippen LogP contribution in [0, 0.1) is 0 Å². The lowest BCUT2D eigenvalue weighted by atomic mass is 10.1. The van der Waals surface area contributed by atoms with E-state index >= 15 is 0 Å². The molecule has 0 fully saturated rings. The first-order chi connectivity index (χ1) is 10.1. The van der Waals surface area contributed by atoms with Gasteiger partial charge in [-0.3, -0.25) is 4.90 Å². The van der Waals surface area contributed by atoms with Crippen molar-refractivity contribution in [2.45, 2.75) is 33.0 Å². The molecule has 0 saturated carbocycles. The van der Waals surface area contributed by atoms with Gasteiger partial charge < -0.3 is 10.5 Å². The molecule has 2 aromatic rings. The highest BCUT2D eigenvalue weighted by Gasteiger charge is 2.14. The van der Waals surface area contributed by atoms with E-state index in [-0.39, 0.29) is 0 Å². The number of nitrogens with zero attached hydrogens (tertiary/aromatic N) is 2. The van der Waals surface area contributed by atoms with Crippen LogP contribution >= 0.6 is 0 Å². The van der Waals surface area contributed by atoms with Crippen molar-refractivity contribution in [1.29, 1.82) is 0 Å². The van der Waals surface area contributed by atoms with Crippen LogP contribution in [0.15, 0.2) is 42.6 Å². The first kappa shape index (κ1) is 15.3. The van der Waals surface area contributed by atoms with Crippen LogP contribution in [0.1, 0.15) is 25.0 Å². The molecular formula is C17H23N3O. The Kier molecular flexibility index (Phi) is 5.17. The summed E-state index contributed by atoms with van der Waals surface area (Å²) >= 11 is 0. The third-order valence-electron chi connectivity index (χ3n) is 3.48. The third-order valence-corrected chi connectivity index (χ3v) is 3.48. The molecule has 0 bridgehead atoms. The molecule has 0 aliphatic heterocycles. The minimum atomic E-state index is 0.413. The van der Waals surface area contributed by atoms with Crippen LogP contribution in [0.2, 0.25) is 0 Å². The largest absolute Gasteiger partial charge is 0.481 e. The van der Waals surface area contributed by atoms with Crippen LogP contribution in [0.25, 0.3) is 0 Å². The molecule has 0 unspecified atom stereocenters. The standard InChI is InChI=1S/C17H23N3O/c1-13(2)20(11-14-6-4-8-16(18)10-14)12-15-7-5-9-19-17(15)21-3/h4-10,13H,11-12,18H2,1-3H3. The molecule has 4 nitrogen and oxygen atoms in total. The Balaban J connectivity index is 2.16. The third kappa shape index (κ3) is 4.20. The second-order valence-electron chi connectivity index (χ2n) is 5.42. The summed E-state index contributed by atoms with van der Waals surface area (Å²) in [5.74, 6) is 0.690. The molecule has 2 N–H and O–H groups in total. The van der Waals surface area contributed by atoms with Gasteiger partial charge in [0.05, 0.1) is 7.11 Å². The van der Waals surface area contributed by atoms with Gasteiger partial charge in [-0.15, -0.1) is 0 Å². The fourth-order valence-electron chi connectivity index (χ4n) is 2.29. The van der Waals surface area contributed by atoms with Gasteiger partial charge in [-0.1, -0.05) is 18.2 Å². The molecule has 112 valence electrons. The second kappa shape index (κ2) is 7.09. The lowest BCUT2D eigenvalue weighted by Gasteiger charge is -2.27. The summed E-state index contributed by atoms with van der Waals surface area (Å²) in [5.41, 5.74) is 8.97. The molecule has 4 heteroatoms. The van der Waals surface area contributed by atoms with Crippen molar-refractivity contribution in [3.8, 4) is 5.88 Å². The lowest BCUT2D eigenvalue weighted by Crippen LogP contribution is -2.30. The molecule has 1 aromatic carbocycles. The predicted molar refractivity (Wildman–Crippen MR) is 86.0 cm³/mol. The zero-order valence-electron chi connectivity index (χ0n) is 12.9. The molecule has 0 atom stereocenters. The van der Waals surface area contributed by atoms with Crippen molar-refractivity contribution in [3.63, 3.8) is 0 Å². The van der Waals surface area contributed by atoms with Crippen LogP contribution < -0.4 is 10.5 Å². The number of anilines is 1. The van der Waals surface area contributed by atoms with Gasteiger partial charge in [0, 0.05) is 36.6 Å². The van der Waals surface area contributed by atoms with Gasteiger partial charge >= 0.3 is 0 Å². The first-order valence-electron chi connectivity index (χ1n) is 7.16. The summed E-state index contributed by atoms with van der Waals surface area (Å²) in [6, 6.07) is 12.4. The highest BCUT2D eigenvalue weighted by molar-refractivity contribution is 5.40. The van der Waals surface area contributed by atoms with Crippen molar-refractivity contribution in [2.24, 2.45) is 0 Å². The number of ether oxygens (including phenoxy) is 1. The molecule has 0 amide bonds. The van der Waals surface area contributed by atoms with E-state index in [2.05, 4.69) is 35.9 Å². The molecule has 1 heterocycles. The van der Waals surface area contributed by atoms with Crippen molar-refractivity contribution >= 4 is 5.69 Å². The minimum Gasteiger partial charge on any atom is -0.481 e. The molecule has 0 saturated heterocycles. The molecule has 0 radical (unpaired) electrons. The zero-order valence-corrected chi connectivity index (χ0v) is 12.9. The van der Waals surface area contributed by atoms with Crippen LogP contribution in [0.4, 0.5) is 5.69 Å². The number of rotatable bonds is 6. The van der Waals surface area contributed by atoms with Crippen LogP contribution in [0.3, 0.4) is 0 Å². The number of nitrogen functional groups attached to an aromatic ring is 1. The zero-order chi connectivity index (χ0) is 15.2. The van der Waals surface area contributed by atoms with E-state index in [0.717, 1.165) is 24.3 Å². The topological polar surface area (TPSA) is 51.4 Å². The average molecular weight is 285 g/mol. The Morgan fingerprint density at radius 2 is 2.00 bits per heavy atom. The molecule has 0 spiro atoms. The van der Waals surface area contributed by atoms with Crippen molar-refractivity contribution in [1.82, 2.24) is 9.88 Å². The normalized spacial score (nSPS) is 11.1. The Hall–Kier alpha value is -2.07. The van der Waals surface area contributed by atoms with Crippen LogP contribution in [0.5, 0.6) is 5.88 Å². The lowest BCUT2D eigenvalue weighted by molar-refractivity contribution is 0.200. The molecule has 0 aliphatic carbocycles. The van der Waals surface area contributed by atoms with E-state index in [0.29, 0.717) is 11.9 Å². The maximum absolute atomic E-state index is 5.86. The highest BCUT2D eigenvalue weighted by atomic mass is 16.5. The minimum absolute atomic E-state index is 0.413. The quantitative estimate of drug-likeness (QED) is 0.829. The molecule has 2 rings (SSSR count). The number of pyridine rings is 1. The number of aromatic nitrogens is 1. The Morgan fingerprint density at radius 3 is 2.67 bits per heavy atom. The molecule has 0 aliphatic rings. The van der Waals surface area contributed by atoms with E-state index in [1.54, 1.807) is 13.3 Å². The van der Waals surface area contributed by atoms with Gasteiger partial charge in [0.15, 0.2) is 0 Å². The number of nitrogens with two attached hydrogens (primary N) is 1. The Morgan fingerprint density at radius 1 is 1.19 bits per heavy atom. The number of hydrogen-bond donors (Lipinski definition) is 1. The number of benzene rings is 1. The van der Waals surface area contributed by atoms with E-state index in [9.17, 15) is 0 Å². The van der Waals surface area contributed by atoms with E-state index in [1.165, 1.54) is 5.56 Å². The summed E-state index contributed by atoms with van der Waals surface area (Å²) in [5, 5.41) is 0. The van der Waals surface area contributed by atoms with Crippen LogP contribution in [-0.2, 0) is 13.1 Å². The van der Waals surface area contributed by atoms with Gasteiger partial charge in [0.25, 0.3) is 0 Å². The van der Waals surface area contributed by atoms with Gasteiger partial charge in [-0.25, -0.2) is 4.98 Å². The fourth-order valence-corrected chi connectivity index (χ4v) is 2.29. The van der Waals surface area contributed by atoms with Crippen molar-refractivity contribution < 1.29 is 4.74 Å². The molecular weight excluding hydrogens is 262 g/mol. The summed E-state index contributed by atoms with van der Waals surface area (Å²) in [7, 11) is 1.66. The van der Waals surface area contributed by atoms with E-state index in [4.69, 9.17) is 10.5 Å². The number of hydrogen-bond acceptors (Lipinski definition) is 4. The maximum atomic E-state index is 5.86. The number of methoxy groups -OCH3 is 1. The first-order valence-corrected chi connectivity index (χ1v) is 7.16. The second-order valence-corrected chi connectivity index (χ2v) is 5.42. The highest BCUT2D eigenvalue weighted by Crippen LogP contribution is 2.20. The smallest absolute Gasteiger partial charge is 0.217 e. The van der Waals surface area contributed by atoms with E-state index < -0.39 is 0 Å². The molecule has 21 heavy (non-hydrogen) atoms. The predicted octanol–water partition coefficient (Wildman–Crippen LogP) is 3.08. The summed E-state index contributed by atoms with van der Waals surface area (Å²) < 4.78 is 5.34. The summed E-state index contributed by atoms with van der Waals surface area (Å²) in [4.78, 5) is 6.63. The van der Waals surface area contributed by atoms with Gasteiger partial charge in [-0.2, -0.15) is 0 Å². The van der Waals surface area contributed by atoms with E-state index in [1.807, 2.05) is 24.3 Å². The van der Waals surface area contributed by atoms with Crippen molar-refractivity contribution in [2.75, 3.05) is 12.8 Å². The van der Waals surface area contributed by atoms with Crippen LogP contribution in [-0.4, -0.2) is 23.0 Å². The van der Waals surface area contributed by atoms with Gasteiger partial charge in [-0.05, 0) is 37.6 Å². The SMILES string of the molecule is COc1ncccc1CN(Cc1cccc(N)c1)C(C)C. The monoisotopic (exact) mass is 285 g/mol. The van der Waals surface area contributed by atoms with Gasteiger partial charge in [0.2, 0.25) is 5.88 Å². The van der Waals surface area contributed by atoms with Crippen molar-refractivity contribution in [3.05, 3.63) is 53.7 Å². The Labute approximate surface area is 126 Å². The average Bonchev–Trinajstić information content (AvgIpc) is 2.47. The molecule has 1 aromatic heterocycles. The summed E-state index contributed by atoms with van der Waals surface area (Å²) in [6.07, 6.45) is 1.75. The van der Waals surface area contributed by atoms with Gasteiger partial charge in [0.1, 0.15) is 0 Å². The maximum Gasteiger partial charge on any atom is 0.217 e. The fraction of sp³-hybridized carbons (Fsp3) is 0.353. The summed E-state index contributed by atoms with van der Waals surface area (Å²) in [6.45, 7) is 6.02.